The first-order chi connectivity index (χ1) is 9.47. The largest absolute Gasteiger partial charge is 0.461 e. The highest BCUT2D eigenvalue weighted by Gasteiger charge is 2.13. The molecule has 0 amide bonds. The van der Waals surface area contributed by atoms with Gasteiger partial charge >= 0.3 is 6.01 Å². The lowest BCUT2D eigenvalue weighted by molar-refractivity contribution is 0.222. The fourth-order valence-electron chi connectivity index (χ4n) is 1.82. The Morgan fingerprint density at radius 2 is 1.85 bits per heavy atom. The van der Waals surface area contributed by atoms with Gasteiger partial charge in [-0.25, -0.2) is 0 Å². The van der Waals surface area contributed by atoms with Crippen LogP contribution in [0.2, 0.25) is 0 Å². The van der Waals surface area contributed by atoms with Crippen molar-refractivity contribution in [2.24, 2.45) is 0 Å². The van der Waals surface area contributed by atoms with Crippen molar-refractivity contribution in [1.82, 2.24) is 15.0 Å². The molecular formula is C14H19N5O. The highest BCUT2D eigenvalue weighted by Crippen LogP contribution is 2.25. The number of nitrogen functional groups attached to an aromatic ring is 1. The molecule has 1 aromatic heterocycles. The van der Waals surface area contributed by atoms with Crippen molar-refractivity contribution in [2.75, 3.05) is 17.7 Å². The van der Waals surface area contributed by atoms with Crippen LogP contribution in [0.1, 0.15) is 19.4 Å². The normalized spacial score (nSPS) is 10.7. The zero-order valence-corrected chi connectivity index (χ0v) is 12.2. The van der Waals surface area contributed by atoms with Gasteiger partial charge < -0.3 is 15.4 Å². The summed E-state index contributed by atoms with van der Waals surface area (Å²) in [5, 5.41) is 0. The topological polar surface area (TPSA) is 77.2 Å². The molecule has 1 heterocycles. The zero-order valence-electron chi connectivity index (χ0n) is 12.2. The summed E-state index contributed by atoms with van der Waals surface area (Å²) < 4.78 is 5.48. The number of benzene rings is 1. The number of aromatic nitrogens is 3. The fourth-order valence-corrected chi connectivity index (χ4v) is 1.82. The van der Waals surface area contributed by atoms with Crippen molar-refractivity contribution < 1.29 is 4.74 Å². The predicted octanol–water partition coefficient (Wildman–Crippen LogP) is 2.32. The number of hydrogen-bond acceptors (Lipinski definition) is 6. The number of aryl methyl sites for hydroxylation is 1. The van der Waals surface area contributed by atoms with Crippen LogP contribution in [0.3, 0.4) is 0 Å². The third kappa shape index (κ3) is 3.14. The van der Waals surface area contributed by atoms with Crippen LogP contribution in [-0.2, 0) is 0 Å². The lowest BCUT2D eigenvalue weighted by Crippen LogP contribution is -2.17. The highest BCUT2D eigenvalue weighted by atomic mass is 16.5. The molecule has 0 aliphatic heterocycles. The summed E-state index contributed by atoms with van der Waals surface area (Å²) in [6.07, 6.45) is -0.0200. The lowest BCUT2D eigenvalue weighted by atomic mass is 10.2. The summed E-state index contributed by atoms with van der Waals surface area (Å²) in [6, 6.07) is 8.22. The molecule has 106 valence electrons. The molecule has 0 bridgehead atoms. The van der Waals surface area contributed by atoms with Gasteiger partial charge in [0.05, 0.1) is 6.10 Å². The smallest absolute Gasteiger partial charge is 0.323 e. The summed E-state index contributed by atoms with van der Waals surface area (Å²) >= 11 is 0. The van der Waals surface area contributed by atoms with Gasteiger partial charge in [-0.2, -0.15) is 15.0 Å². The first-order valence-corrected chi connectivity index (χ1v) is 6.45. The standard InChI is InChI=1S/C14H19N5O/c1-9(2)20-14-17-12(15)16-13(18-14)19(4)11-8-6-5-7-10(11)3/h5-9H,1-4H3,(H2,15,16,17,18). The third-order valence-corrected chi connectivity index (χ3v) is 2.74. The second-order valence-corrected chi connectivity index (χ2v) is 4.79. The van der Waals surface area contributed by atoms with E-state index in [1.54, 1.807) is 0 Å². The van der Waals surface area contributed by atoms with Crippen molar-refractivity contribution in [3.05, 3.63) is 29.8 Å². The van der Waals surface area contributed by atoms with E-state index in [1.165, 1.54) is 0 Å². The summed E-state index contributed by atoms with van der Waals surface area (Å²) in [5.41, 5.74) is 7.85. The predicted molar refractivity (Wildman–Crippen MR) is 79.2 cm³/mol. The molecule has 6 heteroatoms. The Morgan fingerprint density at radius 3 is 2.50 bits per heavy atom. The van der Waals surface area contributed by atoms with Gasteiger partial charge in [-0.15, -0.1) is 0 Å². The van der Waals surface area contributed by atoms with Crippen molar-refractivity contribution in [3.63, 3.8) is 0 Å². The molecule has 2 N–H and O–H groups in total. The molecule has 2 aromatic rings. The second kappa shape index (κ2) is 5.73. The molecule has 0 saturated heterocycles. The number of hydrogen-bond donors (Lipinski definition) is 1. The number of para-hydroxylation sites is 1. The maximum absolute atomic E-state index is 5.72. The Kier molecular flexibility index (Phi) is 4.02. The number of rotatable bonds is 4. The molecule has 0 aliphatic rings. The minimum absolute atomic E-state index is 0.0200. The molecule has 0 spiro atoms. The number of nitrogens with zero attached hydrogens (tertiary/aromatic N) is 4. The van der Waals surface area contributed by atoms with Crippen molar-refractivity contribution in [3.8, 4) is 6.01 Å². The highest BCUT2D eigenvalue weighted by molar-refractivity contribution is 5.61. The summed E-state index contributed by atoms with van der Waals surface area (Å²) in [6.45, 7) is 5.84. The van der Waals surface area contributed by atoms with Gasteiger partial charge in [-0.05, 0) is 32.4 Å². The van der Waals surface area contributed by atoms with E-state index in [2.05, 4.69) is 15.0 Å². The molecule has 20 heavy (non-hydrogen) atoms. The maximum Gasteiger partial charge on any atom is 0.323 e. The summed E-state index contributed by atoms with van der Waals surface area (Å²) in [5.74, 6) is 0.605. The van der Waals surface area contributed by atoms with Crippen molar-refractivity contribution in [2.45, 2.75) is 26.9 Å². The summed E-state index contributed by atoms with van der Waals surface area (Å²) in [7, 11) is 1.89. The molecule has 2 rings (SSSR count). The van der Waals surface area contributed by atoms with Gasteiger partial charge in [0.2, 0.25) is 11.9 Å². The molecular weight excluding hydrogens is 254 g/mol. The molecule has 1 aromatic carbocycles. The molecule has 0 unspecified atom stereocenters. The second-order valence-electron chi connectivity index (χ2n) is 4.79. The Labute approximate surface area is 118 Å². The van der Waals surface area contributed by atoms with Gasteiger partial charge in [0.25, 0.3) is 0 Å². The first kappa shape index (κ1) is 14.0. The monoisotopic (exact) mass is 273 g/mol. The Morgan fingerprint density at radius 1 is 1.15 bits per heavy atom. The van der Waals surface area contributed by atoms with Crippen LogP contribution in [0.15, 0.2) is 24.3 Å². The van der Waals surface area contributed by atoms with Crippen LogP contribution in [0.4, 0.5) is 17.6 Å². The molecule has 0 fully saturated rings. The Hall–Kier alpha value is -2.37. The van der Waals surface area contributed by atoms with E-state index >= 15 is 0 Å². The Balaban J connectivity index is 2.37. The van der Waals surface area contributed by atoms with Crippen LogP contribution in [0.25, 0.3) is 0 Å². The van der Waals surface area contributed by atoms with Crippen LogP contribution >= 0.6 is 0 Å². The van der Waals surface area contributed by atoms with E-state index in [0.717, 1.165) is 11.3 Å². The first-order valence-electron chi connectivity index (χ1n) is 6.45. The number of nitrogens with two attached hydrogens (primary N) is 1. The summed E-state index contributed by atoms with van der Waals surface area (Å²) in [4.78, 5) is 14.3. The molecule has 0 saturated carbocycles. The maximum atomic E-state index is 5.72. The number of anilines is 3. The quantitative estimate of drug-likeness (QED) is 0.921. The van der Waals surface area contributed by atoms with E-state index in [9.17, 15) is 0 Å². The van der Waals surface area contributed by atoms with Crippen LogP contribution in [0.5, 0.6) is 6.01 Å². The van der Waals surface area contributed by atoms with Crippen LogP contribution < -0.4 is 15.4 Å². The van der Waals surface area contributed by atoms with E-state index in [4.69, 9.17) is 10.5 Å². The SMILES string of the molecule is Cc1ccccc1N(C)c1nc(N)nc(OC(C)C)n1. The van der Waals surface area contributed by atoms with E-state index in [0.29, 0.717) is 5.95 Å². The van der Waals surface area contributed by atoms with Gasteiger partial charge in [0.15, 0.2) is 0 Å². The Bertz CT molecular complexity index is 600. The minimum Gasteiger partial charge on any atom is -0.461 e. The van der Waals surface area contributed by atoms with E-state index < -0.39 is 0 Å². The van der Waals surface area contributed by atoms with Gasteiger partial charge in [0.1, 0.15) is 0 Å². The molecule has 0 atom stereocenters. The average Bonchev–Trinajstić information content (AvgIpc) is 2.37. The molecule has 6 nitrogen and oxygen atoms in total. The van der Waals surface area contributed by atoms with Gasteiger partial charge in [0, 0.05) is 12.7 Å². The average molecular weight is 273 g/mol. The zero-order chi connectivity index (χ0) is 14.7. The van der Waals surface area contributed by atoms with Crippen molar-refractivity contribution in [1.29, 1.82) is 0 Å². The van der Waals surface area contributed by atoms with Gasteiger partial charge in [-0.3, -0.25) is 0 Å². The minimum atomic E-state index is -0.0200. The van der Waals surface area contributed by atoms with Gasteiger partial charge in [-0.1, -0.05) is 18.2 Å². The lowest BCUT2D eigenvalue weighted by Gasteiger charge is -2.20. The molecule has 0 aliphatic carbocycles. The third-order valence-electron chi connectivity index (χ3n) is 2.74. The van der Waals surface area contributed by atoms with Crippen LogP contribution in [-0.4, -0.2) is 28.1 Å². The van der Waals surface area contributed by atoms with E-state index in [-0.39, 0.29) is 18.1 Å². The molecule has 0 radical (unpaired) electrons. The van der Waals surface area contributed by atoms with Crippen LogP contribution in [0, 0.1) is 6.92 Å². The number of ether oxygens (including phenoxy) is 1. The van der Waals surface area contributed by atoms with E-state index in [1.807, 2.05) is 57.0 Å². The fraction of sp³-hybridized carbons (Fsp3) is 0.357. The van der Waals surface area contributed by atoms with Crippen molar-refractivity contribution >= 4 is 17.6 Å².